The van der Waals surface area contributed by atoms with Gasteiger partial charge in [0, 0.05) is 48.8 Å². The quantitative estimate of drug-likeness (QED) is 0.190. The molecule has 1 aromatic rings. The number of amides is 2. The third-order valence-corrected chi connectivity index (χ3v) is 11.7. The lowest BCUT2D eigenvalue weighted by Gasteiger charge is -2.31. The number of hydrogen-bond donors (Lipinski definition) is 1. The number of rotatable bonds is 9. The van der Waals surface area contributed by atoms with E-state index >= 15 is 4.11 Å². The van der Waals surface area contributed by atoms with Crippen LogP contribution < -0.4 is 9.80 Å². The standard InChI is InChI=1S/C33H49FN2O4Si/c1-23(2)12-11-13-24(3)17-20-36-28-16-15-26(35-19-10-8-7-9-14-30(35)38)22-27(28)33(32(36)39)25(4)31(41(5,6)34)29(40-33)18-21-37/h12,15-17,22,25,29,31,37H,7-11,13-14,18-21H2,1-6H3/b24-17+/t25-,29+,31-,33+/m0/s1. The Kier molecular flexibility index (Phi) is 9.97. The number of allylic oxidation sites excluding steroid dienone is 3. The molecular weight excluding hydrogens is 535 g/mol. The molecule has 226 valence electrons. The highest BCUT2D eigenvalue weighted by Crippen LogP contribution is 2.60. The summed E-state index contributed by atoms with van der Waals surface area (Å²) in [6, 6.07) is 5.84. The van der Waals surface area contributed by atoms with E-state index in [-0.39, 0.29) is 24.8 Å². The van der Waals surface area contributed by atoms with Crippen molar-refractivity contribution < 1.29 is 23.5 Å². The van der Waals surface area contributed by atoms with Crippen LogP contribution in [0.25, 0.3) is 0 Å². The van der Waals surface area contributed by atoms with E-state index in [1.54, 1.807) is 18.0 Å². The molecule has 2 amide bonds. The number of carbonyl (C=O) groups excluding carboxylic acids is 2. The van der Waals surface area contributed by atoms with Crippen molar-refractivity contribution in [2.24, 2.45) is 5.92 Å². The molecule has 0 saturated carbocycles. The minimum Gasteiger partial charge on any atom is -0.396 e. The van der Waals surface area contributed by atoms with E-state index in [1.807, 2.05) is 30.0 Å². The second-order valence-corrected chi connectivity index (χ2v) is 16.8. The molecule has 0 bridgehead atoms. The molecule has 4 atom stereocenters. The maximum atomic E-state index is 15.9. The van der Waals surface area contributed by atoms with Crippen LogP contribution in [-0.4, -0.2) is 51.1 Å². The fourth-order valence-corrected chi connectivity index (χ4v) is 9.69. The van der Waals surface area contributed by atoms with Gasteiger partial charge in [0.2, 0.25) is 14.3 Å². The fourth-order valence-electron chi connectivity index (χ4n) is 7.15. The maximum Gasteiger partial charge on any atom is 0.264 e. The molecular formula is C33H49FN2O4Si. The van der Waals surface area contributed by atoms with Gasteiger partial charge in [-0.25, -0.2) is 0 Å². The van der Waals surface area contributed by atoms with Crippen LogP contribution >= 0.6 is 0 Å². The van der Waals surface area contributed by atoms with Gasteiger partial charge in [-0.05, 0) is 84.2 Å². The second-order valence-electron chi connectivity index (χ2n) is 13.0. The highest BCUT2D eigenvalue weighted by Gasteiger charge is 2.66. The van der Waals surface area contributed by atoms with Gasteiger partial charge in [-0.3, -0.25) is 9.59 Å². The van der Waals surface area contributed by atoms with Crippen molar-refractivity contribution in [3.63, 3.8) is 0 Å². The molecule has 1 spiro atoms. The first-order valence-electron chi connectivity index (χ1n) is 15.4. The Balaban J connectivity index is 1.78. The van der Waals surface area contributed by atoms with E-state index in [9.17, 15) is 14.7 Å². The molecule has 3 aliphatic rings. The topological polar surface area (TPSA) is 70.1 Å². The average molecular weight is 585 g/mol. The lowest BCUT2D eigenvalue weighted by Crippen LogP contribution is -2.45. The van der Waals surface area contributed by atoms with Crippen molar-refractivity contribution in [1.82, 2.24) is 0 Å². The maximum absolute atomic E-state index is 15.9. The summed E-state index contributed by atoms with van der Waals surface area (Å²) in [5.74, 6) is -0.486. The molecule has 1 aromatic carbocycles. The SMILES string of the molecule is CC(C)=CCC/C(C)=C/CN1C(=O)[C@]2(O[C@H](CCO)[C@@H]([Si](C)(C)F)[C@@H]2C)c2cc(N3CCCCCCC3=O)ccc21. The van der Waals surface area contributed by atoms with Crippen molar-refractivity contribution in [2.45, 2.75) is 109 Å². The van der Waals surface area contributed by atoms with Gasteiger partial charge in [-0.15, -0.1) is 0 Å². The molecule has 8 heteroatoms. The van der Waals surface area contributed by atoms with Gasteiger partial charge in [0.25, 0.3) is 5.91 Å². The van der Waals surface area contributed by atoms with Crippen molar-refractivity contribution in [1.29, 1.82) is 0 Å². The first-order chi connectivity index (χ1) is 19.4. The fraction of sp³-hybridized carbons (Fsp3) is 0.636. The number of anilines is 2. The Hall–Kier alpha value is -2.29. The summed E-state index contributed by atoms with van der Waals surface area (Å²) in [6.07, 6.45) is 10.4. The summed E-state index contributed by atoms with van der Waals surface area (Å²) in [6.45, 7) is 12.5. The van der Waals surface area contributed by atoms with Crippen molar-refractivity contribution in [2.75, 3.05) is 29.5 Å². The average Bonchev–Trinajstić information content (AvgIpc) is 3.31. The molecule has 0 radical (unpaired) electrons. The zero-order valence-corrected chi connectivity index (χ0v) is 26.8. The third kappa shape index (κ3) is 6.39. The zero-order chi connectivity index (χ0) is 29.9. The lowest BCUT2D eigenvalue weighted by molar-refractivity contribution is -0.146. The Morgan fingerprint density at radius 1 is 1.15 bits per heavy atom. The highest BCUT2D eigenvalue weighted by molar-refractivity contribution is 6.72. The predicted octanol–water partition coefficient (Wildman–Crippen LogP) is 7.18. The predicted molar refractivity (Wildman–Crippen MR) is 166 cm³/mol. The zero-order valence-electron chi connectivity index (χ0n) is 25.8. The molecule has 2 saturated heterocycles. The van der Waals surface area contributed by atoms with E-state index in [0.717, 1.165) is 55.5 Å². The molecule has 41 heavy (non-hydrogen) atoms. The second kappa shape index (κ2) is 12.9. The largest absolute Gasteiger partial charge is 0.396 e. The number of aliphatic hydroxyl groups excluding tert-OH is 1. The van der Waals surface area contributed by atoms with E-state index in [0.29, 0.717) is 19.5 Å². The third-order valence-electron chi connectivity index (χ3n) is 9.21. The highest BCUT2D eigenvalue weighted by atomic mass is 28.4. The van der Waals surface area contributed by atoms with Crippen LogP contribution in [0.5, 0.6) is 0 Å². The van der Waals surface area contributed by atoms with Crippen LogP contribution in [0.1, 0.15) is 84.6 Å². The Bertz CT molecular complexity index is 1190. The van der Waals surface area contributed by atoms with Crippen LogP contribution in [0.2, 0.25) is 18.6 Å². The number of carbonyl (C=O) groups is 2. The monoisotopic (exact) mass is 584 g/mol. The number of aliphatic hydroxyl groups is 1. The van der Waals surface area contributed by atoms with E-state index in [4.69, 9.17) is 4.74 Å². The lowest BCUT2D eigenvalue weighted by atomic mass is 9.82. The van der Waals surface area contributed by atoms with E-state index in [1.165, 1.54) is 11.1 Å². The minimum atomic E-state index is -3.27. The van der Waals surface area contributed by atoms with Crippen molar-refractivity contribution >= 4 is 31.6 Å². The Labute approximate surface area is 246 Å². The van der Waals surface area contributed by atoms with Crippen LogP contribution in [0.3, 0.4) is 0 Å². The van der Waals surface area contributed by atoms with Gasteiger partial charge in [0.15, 0.2) is 5.60 Å². The number of benzene rings is 1. The summed E-state index contributed by atoms with van der Waals surface area (Å²) >= 11 is 0. The van der Waals surface area contributed by atoms with Crippen LogP contribution in [0.4, 0.5) is 15.5 Å². The number of halogens is 1. The summed E-state index contributed by atoms with van der Waals surface area (Å²) in [7, 11) is -3.27. The summed E-state index contributed by atoms with van der Waals surface area (Å²) in [5, 5.41) is 9.85. The molecule has 3 heterocycles. The van der Waals surface area contributed by atoms with E-state index < -0.39 is 31.6 Å². The summed E-state index contributed by atoms with van der Waals surface area (Å²) < 4.78 is 22.6. The Morgan fingerprint density at radius 3 is 2.56 bits per heavy atom. The number of fused-ring (bicyclic) bond motifs is 2. The van der Waals surface area contributed by atoms with Gasteiger partial charge >= 0.3 is 0 Å². The van der Waals surface area contributed by atoms with Gasteiger partial charge in [-0.2, -0.15) is 0 Å². The molecule has 6 nitrogen and oxygen atoms in total. The van der Waals surface area contributed by atoms with Crippen LogP contribution in [0, 0.1) is 5.92 Å². The molecule has 2 fully saturated rings. The number of ether oxygens (including phenoxy) is 1. The molecule has 0 unspecified atom stereocenters. The van der Waals surface area contributed by atoms with Crippen LogP contribution in [-0.2, 0) is 19.9 Å². The number of nitrogens with zero attached hydrogens (tertiary/aromatic N) is 2. The van der Waals surface area contributed by atoms with Gasteiger partial charge in [0.05, 0.1) is 11.8 Å². The molecule has 4 rings (SSSR count). The van der Waals surface area contributed by atoms with Crippen molar-refractivity contribution in [3.05, 3.63) is 47.1 Å². The van der Waals surface area contributed by atoms with Gasteiger partial charge in [-0.1, -0.05) is 43.1 Å². The smallest absolute Gasteiger partial charge is 0.264 e. The minimum absolute atomic E-state index is 0.100. The summed E-state index contributed by atoms with van der Waals surface area (Å²) in [4.78, 5) is 31.3. The summed E-state index contributed by atoms with van der Waals surface area (Å²) in [5.41, 5.74) is 2.96. The molecule has 1 N–H and O–H groups in total. The first-order valence-corrected chi connectivity index (χ1v) is 18.4. The Morgan fingerprint density at radius 2 is 1.88 bits per heavy atom. The molecule has 0 aromatic heterocycles. The normalized spacial score (nSPS) is 27.3. The van der Waals surface area contributed by atoms with E-state index in [2.05, 4.69) is 32.9 Å². The van der Waals surface area contributed by atoms with Crippen LogP contribution in [0.15, 0.2) is 41.5 Å². The van der Waals surface area contributed by atoms with Gasteiger partial charge < -0.3 is 23.8 Å². The molecule has 0 aliphatic carbocycles. The molecule has 3 aliphatic heterocycles. The first kappa shape index (κ1) is 31.6. The van der Waals surface area contributed by atoms with Crippen molar-refractivity contribution in [3.8, 4) is 0 Å². The number of hydrogen-bond acceptors (Lipinski definition) is 4. The van der Waals surface area contributed by atoms with Gasteiger partial charge in [0.1, 0.15) is 0 Å².